The van der Waals surface area contributed by atoms with Crippen molar-refractivity contribution in [3.63, 3.8) is 0 Å². The first-order valence-corrected chi connectivity index (χ1v) is 6.16. The molecule has 0 aliphatic carbocycles. The lowest BCUT2D eigenvalue weighted by Gasteiger charge is -2.11. The van der Waals surface area contributed by atoms with Crippen molar-refractivity contribution in [2.24, 2.45) is 0 Å². The number of aryl methyl sites for hydroxylation is 1. The van der Waals surface area contributed by atoms with Crippen molar-refractivity contribution in [3.05, 3.63) is 46.5 Å². The number of benzene rings is 1. The smallest absolute Gasteiger partial charge is 0.328 e. The van der Waals surface area contributed by atoms with Crippen molar-refractivity contribution < 1.29 is 14.7 Å². The Hall–Kier alpha value is -2.10. The molecule has 0 aromatic heterocycles. The third kappa shape index (κ3) is 4.58. The van der Waals surface area contributed by atoms with Gasteiger partial charge in [0.05, 0.1) is 0 Å². The van der Waals surface area contributed by atoms with Gasteiger partial charge in [0.25, 0.3) is 0 Å². The molecular formula is C15H19NO3. The van der Waals surface area contributed by atoms with Gasteiger partial charge in [0.15, 0.2) is 0 Å². The van der Waals surface area contributed by atoms with E-state index in [2.05, 4.69) is 38.2 Å². The summed E-state index contributed by atoms with van der Waals surface area (Å²) in [5, 5.41) is 11.1. The predicted molar refractivity (Wildman–Crippen MR) is 74.1 cm³/mol. The van der Waals surface area contributed by atoms with Gasteiger partial charge in [-0.25, -0.2) is 4.79 Å². The van der Waals surface area contributed by atoms with Crippen LogP contribution < -0.4 is 5.32 Å². The number of carboxylic acids is 1. The van der Waals surface area contributed by atoms with Crippen LogP contribution in [-0.4, -0.2) is 23.5 Å². The summed E-state index contributed by atoms with van der Waals surface area (Å²) in [7, 11) is 0. The second-order valence-corrected chi connectivity index (χ2v) is 4.50. The lowest BCUT2D eigenvalue weighted by atomic mass is 9.97. The maximum absolute atomic E-state index is 11.3. The van der Waals surface area contributed by atoms with Gasteiger partial charge in [0.2, 0.25) is 5.91 Å². The first-order valence-electron chi connectivity index (χ1n) is 6.16. The van der Waals surface area contributed by atoms with Gasteiger partial charge in [-0.05, 0) is 49.4 Å². The van der Waals surface area contributed by atoms with E-state index in [4.69, 9.17) is 5.11 Å². The quantitative estimate of drug-likeness (QED) is 0.796. The molecule has 0 saturated heterocycles. The molecule has 0 radical (unpaired) electrons. The minimum Gasteiger partial charge on any atom is -0.478 e. The standard InChI is InChI=1S/C15H19NO3/c1-10-4-5-13(12(3)11(10)2)8-9-16-14(17)6-7-15(18)19/h4-7H,8-9H2,1-3H3,(H,16,17)(H,18,19)/b7-6+. The first kappa shape index (κ1) is 15.0. The zero-order valence-corrected chi connectivity index (χ0v) is 11.5. The summed E-state index contributed by atoms with van der Waals surface area (Å²) in [6, 6.07) is 4.14. The van der Waals surface area contributed by atoms with Crippen LogP contribution in [0, 0.1) is 20.8 Å². The number of carbonyl (C=O) groups is 2. The number of carboxylic acid groups (broad SMARTS) is 1. The third-order valence-corrected chi connectivity index (χ3v) is 3.24. The van der Waals surface area contributed by atoms with Crippen molar-refractivity contribution in [2.45, 2.75) is 27.2 Å². The van der Waals surface area contributed by atoms with Gasteiger partial charge < -0.3 is 10.4 Å². The third-order valence-electron chi connectivity index (χ3n) is 3.24. The van der Waals surface area contributed by atoms with E-state index in [0.29, 0.717) is 6.54 Å². The molecule has 4 heteroatoms. The van der Waals surface area contributed by atoms with E-state index in [1.807, 2.05) is 0 Å². The second-order valence-electron chi connectivity index (χ2n) is 4.50. The topological polar surface area (TPSA) is 66.4 Å². The molecule has 0 heterocycles. The second kappa shape index (κ2) is 6.73. The maximum atomic E-state index is 11.3. The van der Waals surface area contributed by atoms with Crippen molar-refractivity contribution in [2.75, 3.05) is 6.54 Å². The van der Waals surface area contributed by atoms with Crippen molar-refractivity contribution in [1.29, 1.82) is 0 Å². The average Bonchev–Trinajstić information content (AvgIpc) is 2.36. The molecule has 0 atom stereocenters. The summed E-state index contributed by atoms with van der Waals surface area (Å²) < 4.78 is 0. The average molecular weight is 261 g/mol. The lowest BCUT2D eigenvalue weighted by molar-refractivity contribution is -0.131. The summed E-state index contributed by atoms with van der Waals surface area (Å²) in [6.07, 6.45) is 2.59. The van der Waals surface area contributed by atoms with E-state index in [9.17, 15) is 9.59 Å². The molecule has 0 aliphatic rings. The van der Waals surface area contributed by atoms with Crippen LogP contribution >= 0.6 is 0 Å². The largest absolute Gasteiger partial charge is 0.478 e. The van der Waals surface area contributed by atoms with Crippen molar-refractivity contribution in [1.82, 2.24) is 5.32 Å². The molecule has 19 heavy (non-hydrogen) atoms. The minimum atomic E-state index is -1.12. The predicted octanol–water partition coefficient (Wildman–Crippen LogP) is 1.91. The molecule has 0 fully saturated rings. The Morgan fingerprint density at radius 3 is 2.47 bits per heavy atom. The maximum Gasteiger partial charge on any atom is 0.328 e. The van der Waals surface area contributed by atoms with Gasteiger partial charge in [0, 0.05) is 18.7 Å². The lowest BCUT2D eigenvalue weighted by Crippen LogP contribution is -2.24. The van der Waals surface area contributed by atoms with Gasteiger partial charge in [-0.15, -0.1) is 0 Å². The van der Waals surface area contributed by atoms with Crippen LogP contribution in [0.5, 0.6) is 0 Å². The number of hydrogen-bond donors (Lipinski definition) is 2. The number of nitrogens with one attached hydrogen (secondary N) is 1. The zero-order valence-electron chi connectivity index (χ0n) is 11.5. The highest BCUT2D eigenvalue weighted by molar-refractivity contribution is 5.93. The molecule has 0 bridgehead atoms. The fourth-order valence-electron chi connectivity index (χ4n) is 1.81. The number of amides is 1. The highest BCUT2D eigenvalue weighted by atomic mass is 16.4. The summed E-state index contributed by atoms with van der Waals surface area (Å²) in [5.74, 6) is -1.51. The molecule has 0 saturated carbocycles. The molecule has 102 valence electrons. The molecule has 4 nitrogen and oxygen atoms in total. The summed E-state index contributed by atoms with van der Waals surface area (Å²) >= 11 is 0. The number of hydrogen-bond acceptors (Lipinski definition) is 2. The van der Waals surface area contributed by atoms with Crippen LogP contribution in [0.2, 0.25) is 0 Å². The Kier molecular flexibility index (Phi) is 5.30. The highest BCUT2D eigenvalue weighted by Crippen LogP contribution is 2.17. The summed E-state index contributed by atoms with van der Waals surface area (Å²) in [4.78, 5) is 21.5. The van der Waals surface area contributed by atoms with Gasteiger partial charge in [0.1, 0.15) is 0 Å². The Morgan fingerprint density at radius 2 is 1.84 bits per heavy atom. The van der Waals surface area contributed by atoms with Crippen LogP contribution in [0.4, 0.5) is 0 Å². The molecule has 0 unspecified atom stereocenters. The molecule has 0 aliphatic heterocycles. The molecule has 2 N–H and O–H groups in total. The van der Waals surface area contributed by atoms with Crippen molar-refractivity contribution in [3.8, 4) is 0 Å². The van der Waals surface area contributed by atoms with Gasteiger partial charge >= 0.3 is 5.97 Å². The van der Waals surface area contributed by atoms with Crippen LogP contribution in [-0.2, 0) is 16.0 Å². The van der Waals surface area contributed by atoms with Gasteiger partial charge in [-0.2, -0.15) is 0 Å². The van der Waals surface area contributed by atoms with Crippen LogP contribution in [0.1, 0.15) is 22.3 Å². The van der Waals surface area contributed by atoms with Gasteiger partial charge in [-0.3, -0.25) is 4.79 Å². The van der Waals surface area contributed by atoms with Crippen LogP contribution in [0.15, 0.2) is 24.3 Å². The van der Waals surface area contributed by atoms with E-state index in [1.54, 1.807) is 0 Å². The zero-order chi connectivity index (χ0) is 14.4. The summed E-state index contributed by atoms with van der Waals surface area (Å²) in [5.41, 5.74) is 4.98. The molecule has 1 rings (SSSR count). The fourth-order valence-corrected chi connectivity index (χ4v) is 1.81. The minimum absolute atomic E-state index is 0.385. The molecule has 1 aromatic rings. The molecule has 1 aromatic carbocycles. The Morgan fingerprint density at radius 1 is 1.16 bits per heavy atom. The van der Waals surface area contributed by atoms with Crippen LogP contribution in [0.3, 0.4) is 0 Å². The Balaban J connectivity index is 2.52. The first-order chi connectivity index (χ1) is 8.91. The molecular weight excluding hydrogens is 242 g/mol. The van der Waals surface area contributed by atoms with E-state index in [-0.39, 0.29) is 5.91 Å². The highest BCUT2D eigenvalue weighted by Gasteiger charge is 2.04. The Labute approximate surface area is 113 Å². The number of carbonyl (C=O) groups excluding carboxylic acids is 1. The summed E-state index contributed by atoms with van der Waals surface area (Å²) in [6.45, 7) is 6.73. The number of rotatable bonds is 5. The van der Waals surface area contributed by atoms with Crippen molar-refractivity contribution >= 4 is 11.9 Å². The van der Waals surface area contributed by atoms with E-state index >= 15 is 0 Å². The van der Waals surface area contributed by atoms with E-state index in [0.717, 1.165) is 18.6 Å². The molecule has 1 amide bonds. The monoisotopic (exact) mass is 261 g/mol. The molecule has 0 spiro atoms. The number of aliphatic carboxylic acids is 1. The normalized spacial score (nSPS) is 10.7. The van der Waals surface area contributed by atoms with E-state index < -0.39 is 5.97 Å². The van der Waals surface area contributed by atoms with E-state index in [1.165, 1.54) is 22.3 Å². The van der Waals surface area contributed by atoms with Gasteiger partial charge in [-0.1, -0.05) is 12.1 Å². The fraction of sp³-hybridized carbons (Fsp3) is 0.333. The Bertz CT molecular complexity index is 518. The van der Waals surface area contributed by atoms with Crippen LogP contribution in [0.25, 0.3) is 0 Å². The SMILES string of the molecule is Cc1ccc(CCNC(=O)/C=C/C(=O)O)c(C)c1C.